The summed E-state index contributed by atoms with van der Waals surface area (Å²) in [5, 5.41) is 0. The van der Waals surface area contributed by atoms with Crippen molar-refractivity contribution in [3.05, 3.63) is 54.6 Å². The van der Waals surface area contributed by atoms with E-state index in [0.29, 0.717) is 13.2 Å². The maximum absolute atomic E-state index is 5.56. The Balaban J connectivity index is 2.27. The third-order valence-electron chi connectivity index (χ3n) is 2.90. The van der Waals surface area contributed by atoms with Crippen LogP contribution in [0.25, 0.3) is 6.08 Å². The van der Waals surface area contributed by atoms with Crippen molar-refractivity contribution in [2.24, 2.45) is 5.92 Å². The summed E-state index contributed by atoms with van der Waals surface area (Å²) in [6, 6.07) is 10.2. The molecular weight excluding hydrogens is 244 g/mol. The highest BCUT2D eigenvalue weighted by atomic mass is 16.5. The van der Waals surface area contributed by atoms with Gasteiger partial charge in [0.15, 0.2) is 0 Å². The predicted octanol–water partition coefficient (Wildman–Crippen LogP) is 4.71. The maximum atomic E-state index is 5.56. The molecule has 1 nitrogen and oxygen atoms in total. The van der Waals surface area contributed by atoms with E-state index in [1.165, 1.54) is 18.4 Å². The van der Waals surface area contributed by atoms with Gasteiger partial charge in [0.2, 0.25) is 0 Å². The summed E-state index contributed by atoms with van der Waals surface area (Å²) in [6.07, 6.45) is 9.46. The first kappa shape index (κ1) is 16.3. The minimum absolute atomic E-state index is 0.229. The molecule has 0 heterocycles. The summed E-state index contributed by atoms with van der Waals surface area (Å²) in [5.74, 6) is 6.39. The van der Waals surface area contributed by atoms with Gasteiger partial charge in [-0.25, -0.2) is 0 Å². The van der Waals surface area contributed by atoms with Gasteiger partial charge in [-0.1, -0.05) is 67.8 Å². The predicted molar refractivity (Wildman–Crippen MR) is 87.3 cm³/mol. The molecule has 0 amide bonds. The van der Waals surface area contributed by atoms with Gasteiger partial charge in [-0.05, 0) is 12.0 Å². The van der Waals surface area contributed by atoms with E-state index >= 15 is 0 Å². The first-order chi connectivity index (χ1) is 9.86. The first-order valence-electron chi connectivity index (χ1n) is 7.26. The normalized spacial score (nSPS) is 11.8. The molecule has 0 radical (unpaired) electrons. The van der Waals surface area contributed by atoms with E-state index in [2.05, 4.69) is 49.6 Å². The van der Waals surface area contributed by atoms with Crippen LogP contribution in [0.5, 0.6) is 0 Å². The average molecular weight is 268 g/mol. The third-order valence-corrected chi connectivity index (χ3v) is 2.90. The van der Waals surface area contributed by atoms with Crippen LogP contribution in [0.15, 0.2) is 49.1 Å². The summed E-state index contributed by atoms with van der Waals surface area (Å²) >= 11 is 0. The molecule has 20 heavy (non-hydrogen) atoms. The topological polar surface area (TPSA) is 9.23 Å². The molecule has 1 heteroatoms. The van der Waals surface area contributed by atoms with Crippen molar-refractivity contribution >= 4 is 6.08 Å². The van der Waals surface area contributed by atoms with Gasteiger partial charge in [0.25, 0.3) is 0 Å². The lowest BCUT2D eigenvalue weighted by atomic mass is 10.1. The zero-order valence-electron chi connectivity index (χ0n) is 12.3. The summed E-state index contributed by atoms with van der Waals surface area (Å²) in [4.78, 5) is 0. The van der Waals surface area contributed by atoms with Gasteiger partial charge in [0.1, 0.15) is 6.61 Å². The Bertz CT molecular complexity index is 448. The van der Waals surface area contributed by atoms with Gasteiger partial charge < -0.3 is 4.74 Å². The van der Waals surface area contributed by atoms with Crippen molar-refractivity contribution in [3.8, 4) is 11.8 Å². The fourth-order valence-corrected chi connectivity index (χ4v) is 1.65. The van der Waals surface area contributed by atoms with E-state index in [1.54, 1.807) is 0 Å². The summed E-state index contributed by atoms with van der Waals surface area (Å²) < 4.78 is 5.56. The summed E-state index contributed by atoms with van der Waals surface area (Å²) in [5.41, 5.74) is 1.19. The van der Waals surface area contributed by atoms with Gasteiger partial charge >= 0.3 is 0 Å². The number of ether oxygens (including phenoxy) is 1. The van der Waals surface area contributed by atoms with Crippen LogP contribution >= 0.6 is 0 Å². The molecule has 0 spiro atoms. The molecule has 0 N–H and O–H groups in total. The number of rotatable bonds is 8. The maximum Gasteiger partial charge on any atom is 0.107 e. The first-order valence-corrected chi connectivity index (χ1v) is 7.26. The zero-order chi connectivity index (χ0) is 14.5. The van der Waals surface area contributed by atoms with Crippen LogP contribution in [0.2, 0.25) is 0 Å². The van der Waals surface area contributed by atoms with Crippen LogP contribution in [0.3, 0.4) is 0 Å². The molecule has 0 aromatic heterocycles. The third kappa shape index (κ3) is 7.61. The zero-order valence-corrected chi connectivity index (χ0v) is 12.3. The smallest absolute Gasteiger partial charge is 0.107 e. The van der Waals surface area contributed by atoms with E-state index in [0.717, 1.165) is 6.42 Å². The average Bonchev–Trinajstić information content (AvgIpc) is 2.50. The highest BCUT2D eigenvalue weighted by molar-refractivity contribution is 5.49. The Morgan fingerprint density at radius 1 is 1.25 bits per heavy atom. The largest absolute Gasteiger partial charge is 0.368 e. The van der Waals surface area contributed by atoms with Crippen molar-refractivity contribution in [1.82, 2.24) is 0 Å². The van der Waals surface area contributed by atoms with E-state index in [-0.39, 0.29) is 5.92 Å². The van der Waals surface area contributed by atoms with E-state index in [4.69, 9.17) is 4.74 Å². The summed E-state index contributed by atoms with van der Waals surface area (Å²) in [7, 11) is 0. The Labute approximate surface area is 123 Å². The SMILES string of the molecule is C=CC(/C=C/c1ccccc1)COCC#CCCCC. The highest BCUT2D eigenvalue weighted by Gasteiger charge is 1.98. The van der Waals surface area contributed by atoms with Crippen molar-refractivity contribution < 1.29 is 4.74 Å². The summed E-state index contributed by atoms with van der Waals surface area (Å²) in [6.45, 7) is 7.16. The lowest BCUT2D eigenvalue weighted by Crippen LogP contribution is -2.04. The van der Waals surface area contributed by atoms with E-state index < -0.39 is 0 Å². The second-order valence-corrected chi connectivity index (χ2v) is 4.64. The number of unbranched alkanes of at least 4 members (excludes halogenated alkanes) is 2. The van der Waals surface area contributed by atoms with Crippen LogP contribution in [0.1, 0.15) is 31.7 Å². The van der Waals surface area contributed by atoms with Crippen molar-refractivity contribution in [1.29, 1.82) is 0 Å². The van der Waals surface area contributed by atoms with E-state index in [9.17, 15) is 0 Å². The van der Waals surface area contributed by atoms with Crippen LogP contribution in [-0.4, -0.2) is 13.2 Å². The lowest BCUT2D eigenvalue weighted by molar-refractivity contribution is 0.154. The Morgan fingerprint density at radius 3 is 2.75 bits per heavy atom. The van der Waals surface area contributed by atoms with E-state index in [1.807, 2.05) is 24.3 Å². The van der Waals surface area contributed by atoms with Gasteiger partial charge in [-0.2, -0.15) is 0 Å². The van der Waals surface area contributed by atoms with Crippen molar-refractivity contribution in [3.63, 3.8) is 0 Å². The Kier molecular flexibility index (Phi) is 9.02. The number of benzene rings is 1. The Morgan fingerprint density at radius 2 is 2.05 bits per heavy atom. The monoisotopic (exact) mass is 268 g/mol. The fourth-order valence-electron chi connectivity index (χ4n) is 1.65. The number of hydrogen-bond donors (Lipinski definition) is 0. The molecule has 0 aliphatic rings. The molecule has 0 saturated heterocycles. The molecule has 1 aromatic rings. The van der Waals surface area contributed by atoms with Crippen LogP contribution in [0, 0.1) is 17.8 Å². The van der Waals surface area contributed by atoms with Gasteiger partial charge in [0.05, 0.1) is 6.61 Å². The van der Waals surface area contributed by atoms with Gasteiger partial charge in [0, 0.05) is 12.3 Å². The second kappa shape index (κ2) is 11.1. The van der Waals surface area contributed by atoms with Crippen LogP contribution in [-0.2, 0) is 4.74 Å². The fraction of sp³-hybridized carbons (Fsp3) is 0.368. The molecule has 1 rings (SSSR count). The van der Waals surface area contributed by atoms with Crippen molar-refractivity contribution in [2.75, 3.05) is 13.2 Å². The molecule has 1 atom stereocenters. The molecule has 106 valence electrons. The highest BCUT2D eigenvalue weighted by Crippen LogP contribution is 2.07. The minimum Gasteiger partial charge on any atom is -0.368 e. The second-order valence-electron chi connectivity index (χ2n) is 4.64. The minimum atomic E-state index is 0.229. The van der Waals surface area contributed by atoms with Crippen LogP contribution in [0.4, 0.5) is 0 Å². The molecule has 0 aliphatic carbocycles. The molecule has 0 aliphatic heterocycles. The number of hydrogen-bond acceptors (Lipinski definition) is 1. The molecule has 0 bridgehead atoms. The molecule has 0 saturated carbocycles. The lowest BCUT2D eigenvalue weighted by Gasteiger charge is -2.06. The van der Waals surface area contributed by atoms with Crippen molar-refractivity contribution in [2.45, 2.75) is 26.2 Å². The molecule has 1 aromatic carbocycles. The van der Waals surface area contributed by atoms with Crippen LogP contribution < -0.4 is 0 Å². The van der Waals surface area contributed by atoms with Gasteiger partial charge in [-0.3, -0.25) is 0 Å². The standard InChI is InChI=1S/C19H24O/c1-3-5-6-7-11-16-20-17-18(4-2)14-15-19-12-9-8-10-13-19/h4,8-10,12-15,18H,2-3,5-6,16-17H2,1H3/b15-14+. The molecule has 0 fully saturated rings. The molecular formula is C19H24O. The quantitative estimate of drug-likeness (QED) is 0.377. The Hall–Kier alpha value is -1.78. The van der Waals surface area contributed by atoms with Gasteiger partial charge in [-0.15, -0.1) is 12.5 Å². The molecule has 1 unspecified atom stereocenters.